The van der Waals surface area contributed by atoms with Gasteiger partial charge in [0, 0.05) is 29.0 Å². The van der Waals surface area contributed by atoms with Crippen LogP contribution in [-0.4, -0.2) is 46.3 Å². The number of hydrogen-bond acceptors (Lipinski definition) is 8. The van der Waals surface area contributed by atoms with Crippen molar-refractivity contribution in [1.29, 1.82) is 0 Å². The number of para-hydroxylation sites is 1. The van der Waals surface area contributed by atoms with Crippen LogP contribution in [0.5, 0.6) is 23.0 Å². The maximum Gasteiger partial charge on any atom is 0.336 e. The number of Topliss-reactive ketones (excluding diaryl/α,β-unsaturated/α-hetero) is 1. The Kier molecular flexibility index (Phi) is 7.99. The van der Waals surface area contributed by atoms with Crippen molar-refractivity contribution in [3.63, 3.8) is 0 Å². The van der Waals surface area contributed by atoms with Crippen LogP contribution in [0.25, 0.3) is 0 Å². The molecular weight excluding hydrogens is 486 g/mol. The lowest BCUT2D eigenvalue weighted by atomic mass is 9.68. The molecule has 0 aromatic heterocycles. The number of esters is 1. The van der Waals surface area contributed by atoms with Crippen LogP contribution in [0.15, 0.2) is 65.0 Å². The highest BCUT2D eigenvalue weighted by Crippen LogP contribution is 2.51. The molecule has 1 aliphatic heterocycles. The Labute approximate surface area is 223 Å². The summed E-state index contributed by atoms with van der Waals surface area (Å²) in [6.45, 7) is 6.21. The molecule has 0 spiro atoms. The topological polar surface area (TPSA) is 92.3 Å². The molecule has 1 aliphatic carbocycles. The van der Waals surface area contributed by atoms with Crippen LogP contribution < -0.4 is 24.3 Å². The number of ether oxygens (including phenoxy) is 5. The summed E-state index contributed by atoms with van der Waals surface area (Å²) < 4.78 is 28.2. The Morgan fingerprint density at radius 1 is 0.947 bits per heavy atom. The summed E-state index contributed by atoms with van der Waals surface area (Å²) in [6, 6.07) is 12.9. The van der Waals surface area contributed by atoms with Crippen LogP contribution in [0.4, 0.5) is 0 Å². The molecule has 8 nitrogen and oxygen atoms in total. The van der Waals surface area contributed by atoms with Gasteiger partial charge in [0.25, 0.3) is 0 Å². The van der Waals surface area contributed by atoms with Crippen molar-refractivity contribution < 1.29 is 33.3 Å². The first kappa shape index (κ1) is 27.1. The zero-order chi connectivity index (χ0) is 27.4. The summed E-state index contributed by atoms with van der Waals surface area (Å²) in [5.74, 6) is 0.708. The van der Waals surface area contributed by atoms with Gasteiger partial charge >= 0.3 is 5.97 Å². The fourth-order valence-electron chi connectivity index (χ4n) is 5.26. The van der Waals surface area contributed by atoms with Crippen molar-refractivity contribution in [1.82, 2.24) is 5.32 Å². The lowest BCUT2D eigenvalue weighted by Gasteiger charge is -2.39. The minimum Gasteiger partial charge on any atom is -0.493 e. The fourth-order valence-corrected chi connectivity index (χ4v) is 5.26. The number of benzene rings is 2. The number of nitrogens with one attached hydrogen (secondary N) is 1. The van der Waals surface area contributed by atoms with Crippen LogP contribution in [0.1, 0.15) is 45.1 Å². The molecule has 4 rings (SSSR count). The van der Waals surface area contributed by atoms with E-state index in [0.717, 1.165) is 5.70 Å². The predicted molar refractivity (Wildman–Crippen MR) is 143 cm³/mol. The van der Waals surface area contributed by atoms with Crippen molar-refractivity contribution in [3.05, 3.63) is 70.6 Å². The van der Waals surface area contributed by atoms with E-state index in [2.05, 4.69) is 19.2 Å². The monoisotopic (exact) mass is 521 g/mol. The van der Waals surface area contributed by atoms with Gasteiger partial charge in [0.2, 0.25) is 5.75 Å². The van der Waals surface area contributed by atoms with E-state index in [1.54, 1.807) is 13.2 Å². The highest BCUT2D eigenvalue weighted by molar-refractivity contribution is 6.04. The third-order valence-corrected chi connectivity index (χ3v) is 6.83. The number of allylic oxidation sites excluding steroid dienone is 3. The number of methoxy groups -OCH3 is 3. The summed E-state index contributed by atoms with van der Waals surface area (Å²) >= 11 is 0. The molecular formula is C30H35NO7. The van der Waals surface area contributed by atoms with E-state index in [-0.39, 0.29) is 24.4 Å². The average Bonchev–Trinajstić information content (AvgIpc) is 2.89. The molecule has 2 aromatic carbocycles. The van der Waals surface area contributed by atoms with Gasteiger partial charge in [-0.2, -0.15) is 0 Å². The molecule has 1 atom stereocenters. The number of carbonyl (C=O) groups excluding carboxylic acids is 2. The quantitative estimate of drug-likeness (QED) is 0.367. The van der Waals surface area contributed by atoms with Gasteiger partial charge in [-0.1, -0.05) is 38.1 Å². The Morgan fingerprint density at radius 3 is 2.32 bits per heavy atom. The summed E-state index contributed by atoms with van der Waals surface area (Å²) in [4.78, 5) is 27.2. The molecule has 2 aromatic rings. The number of rotatable bonds is 9. The zero-order valence-electron chi connectivity index (χ0n) is 22.8. The molecule has 0 saturated heterocycles. The Hall–Kier alpha value is -3.94. The second-order valence-corrected chi connectivity index (χ2v) is 10.2. The van der Waals surface area contributed by atoms with E-state index in [1.807, 2.05) is 43.3 Å². The van der Waals surface area contributed by atoms with Gasteiger partial charge in [-0.15, -0.1) is 0 Å². The Balaban J connectivity index is 1.73. The molecule has 0 radical (unpaired) electrons. The molecule has 2 aliphatic rings. The van der Waals surface area contributed by atoms with Crippen LogP contribution in [0.2, 0.25) is 0 Å². The molecule has 1 N–H and O–H groups in total. The van der Waals surface area contributed by atoms with Crippen molar-refractivity contribution in [3.8, 4) is 23.0 Å². The van der Waals surface area contributed by atoms with Crippen molar-refractivity contribution in [2.75, 3.05) is 34.5 Å². The maximum absolute atomic E-state index is 13.6. The van der Waals surface area contributed by atoms with Gasteiger partial charge in [-0.25, -0.2) is 4.79 Å². The van der Waals surface area contributed by atoms with Crippen LogP contribution in [0.3, 0.4) is 0 Å². The molecule has 202 valence electrons. The van der Waals surface area contributed by atoms with E-state index < -0.39 is 11.9 Å². The lowest BCUT2D eigenvalue weighted by molar-refractivity contribution is -0.140. The second-order valence-electron chi connectivity index (χ2n) is 10.2. The van der Waals surface area contributed by atoms with Crippen molar-refractivity contribution in [2.45, 2.75) is 39.5 Å². The normalized spacial score (nSPS) is 18.4. The molecule has 0 fully saturated rings. The highest BCUT2D eigenvalue weighted by Gasteiger charge is 2.44. The molecule has 8 heteroatoms. The standard InChI is InChI=1S/C30H35NO7/c1-18-24(29(33)38-15-14-37-19-10-8-7-9-11-19)25(26-21(31-18)16-30(2,3)17-22(26)32)20-12-13-23(34-4)28(36-6)27(20)35-5/h7-13,25,31H,14-17H2,1-6H3/t25-/m0/s1. The molecule has 0 unspecified atom stereocenters. The van der Waals surface area contributed by atoms with E-state index in [1.165, 1.54) is 14.2 Å². The van der Waals surface area contributed by atoms with Crippen molar-refractivity contribution >= 4 is 11.8 Å². The minimum atomic E-state index is -0.702. The smallest absolute Gasteiger partial charge is 0.336 e. The number of carbonyl (C=O) groups is 2. The third kappa shape index (κ3) is 5.35. The average molecular weight is 522 g/mol. The summed E-state index contributed by atoms with van der Waals surface area (Å²) in [5.41, 5.74) is 2.76. The summed E-state index contributed by atoms with van der Waals surface area (Å²) in [7, 11) is 4.59. The van der Waals surface area contributed by atoms with Crippen LogP contribution >= 0.6 is 0 Å². The zero-order valence-corrected chi connectivity index (χ0v) is 22.8. The molecule has 0 amide bonds. The van der Waals surface area contributed by atoms with Gasteiger partial charge in [0.1, 0.15) is 19.0 Å². The number of dihydropyridines is 1. The van der Waals surface area contributed by atoms with Crippen molar-refractivity contribution in [2.24, 2.45) is 5.41 Å². The first-order valence-corrected chi connectivity index (χ1v) is 12.6. The van der Waals surface area contributed by atoms with E-state index in [0.29, 0.717) is 58.2 Å². The van der Waals surface area contributed by atoms with E-state index in [4.69, 9.17) is 23.7 Å². The molecule has 1 heterocycles. The van der Waals surface area contributed by atoms with E-state index in [9.17, 15) is 9.59 Å². The van der Waals surface area contributed by atoms with Gasteiger partial charge in [-0.05, 0) is 37.0 Å². The summed E-state index contributed by atoms with van der Waals surface area (Å²) in [6.07, 6.45) is 1.04. The fraction of sp³-hybridized carbons (Fsp3) is 0.400. The van der Waals surface area contributed by atoms with Gasteiger partial charge in [-0.3, -0.25) is 4.79 Å². The Bertz CT molecular complexity index is 1280. The van der Waals surface area contributed by atoms with E-state index >= 15 is 0 Å². The Morgan fingerprint density at radius 2 is 1.66 bits per heavy atom. The third-order valence-electron chi connectivity index (χ3n) is 6.83. The van der Waals surface area contributed by atoms with Gasteiger partial charge < -0.3 is 29.0 Å². The summed E-state index contributed by atoms with van der Waals surface area (Å²) in [5, 5.41) is 3.35. The largest absolute Gasteiger partial charge is 0.493 e. The maximum atomic E-state index is 13.6. The predicted octanol–water partition coefficient (Wildman–Crippen LogP) is 4.94. The van der Waals surface area contributed by atoms with Crippen LogP contribution in [-0.2, 0) is 14.3 Å². The highest BCUT2D eigenvalue weighted by atomic mass is 16.6. The first-order chi connectivity index (χ1) is 18.2. The van der Waals surface area contributed by atoms with Gasteiger partial charge in [0.15, 0.2) is 17.3 Å². The molecule has 38 heavy (non-hydrogen) atoms. The van der Waals surface area contributed by atoms with Crippen LogP contribution in [0, 0.1) is 5.41 Å². The lowest BCUT2D eigenvalue weighted by Crippen LogP contribution is -2.39. The first-order valence-electron chi connectivity index (χ1n) is 12.6. The minimum absolute atomic E-state index is 0.0178. The molecule has 0 bridgehead atoms. The second kappa shape index (κ2) is 11.2. The SMILES string of the molecule is COc1ccc([C@H]2C(C(=O)OCCOc3ccccc3)=C(C)NC3=C2C(=O)CC(C)(C)C3)c(OC)c1OC. The van der Waals surface area contributed by atoms with Gasteiger partial charge in [0.05, 0.1) is 32.8 Å². The number of ketones is 1. The molecule has 0 saturated carbocycles. The number of hydrogen-bond donors (Lipinski definition) is 1.